The van der Waals surface area contributed by atoms with Crippen LogP contribution in [-0.4, -0.2) is 45.9 Å². The molecule has 3 N–H and O–H groups in total. The van der Waals surface area contributed by atoms with E-state index in [1.807, 2.05) is 60.7 Å². The van der Waals surface area contributed by atoms with E-state index < -0.39 is 65.8 Å². The molecule has 0 bridgehead atoms. The van der Waals surface area contributed by atoms with Crippen LogP contribution in [0.25, 0.3) is 10.8 Å². The fraction of sp³-hybridized carbons (Fsp3) is 0.190. The Labute approximate surface area is 309 Å². The van der Waals surface area contributed by atoms with Crippen LogP contribution in [0, 0.1) is 23.7 Å². The number of nitrogens with zero attached hydrogens (tertiary/aromatic N) is 2. The third kappa shape index (κ3) is 4.72. The normalized spacial score (nSPS) is 26.4. The van der Waals surface area contributed by atoms with Crippen molar-refractivity contribution in [3.63, 3.8) is 0 Å². The zero-order valence-corrected chi connectivity index (χ0v) is 28.9. The lowest BCUT2D eigenvalue weighted by molar-refractivity contribution is -0.127. The van der Waals surface area contributed by atoms with Crippen LogP contribution in [0.15, 0.2) is 127 Å². The summed E-state index contributed by atoms with van der Waals surface area (Å²) in [7, 11) is -1.80. The fourth-order valence-electron chi connectivity index (χ4n) is 9.72. The number of fused-ring (bicyclic) bond motifs is 5. The molecular formula is C42H32BClN2O7. The van der Waals surface area contributed by atoms with Crippen molar-refractivity contribution in [3.05, 3.63) is 143 Å². The summed E-state index contributed by atoms with van der Waals surface area (Å²) in [5.74, 6) is -6.03. The molecule has 5 aromatic rings. The Balaban J connectivity index is 1.30. The molecule has 6 unspecified atom stereocenters. The molecule has 6 atom stereocenters. The molecule has 0 aromatic heterocycles. The van der Waals surface area contributed by atoms with Gasteiger partial charge in [0.1, 0.15) is 5.75 Å². The summed E-state index contributed by atoms with van der Waals surface area (Å²) in [6.45, 7) is 0. The average molecular weight is 723 g/mol. The SMILES string of the molecule is O=C1C2CC=C3C(CC4C(=O)N(c5cccc(Cl)c5)C(=O)C4(c4ccccc4)C3c3c(O)ccc4ccccc34)C2C(=O)N1c1cccc(B(O)O)c1. The molecule has 2 aliphatic carbocycles. The average Bonchev–Trinajstić information content (AvgIpc) is 3.56. The zero-order chi connectivity index (χ0) is 36.8. The molecule has 5 aromatic carbocycles. The van der Waals surface area contributed by atoms with Crippen LogP contribution >= 0.6 is 11.6 Å². The number of carbonyl (C=O) groups excluding carboxylic acids is 4. The van der Waals surface area contributed by atoms with Crippen LogP contribution in [-0.2, 0) is 24.6 Å². The van der Waals surface area contributed by atoms with Gasteiger partial charge in [-0.15, -0.1) is 0 Å². The molecule has 0 spiro atoms. The maximum atomic E-state index is 15.5. The van der Waals surface area contributed by atoms with E-state index in [2.05, 4.69) is 0 Å². The predicted molar refractivity (Wildman–Crippen MR) is 200 cm³/mol. The highest BCUT2D eigenvalue weighted by Crippen LogP contribution is 2.66. The smallest absolute Gasteiger partial charge is 0.488 e. The Morgan fingerprint density at radius 2 is 1.43 bits per heavy atom. The Bertz CT molecular complexity index is 2420. The summed E-state index contributed by atoms with van der Waals surface area (Å²) in [6.07, 6.45) is 2.23. The van der Waals surface area contributed by atoms with Crippen LogP contribution in [0.2, 0.25) is 5.02 Å². The first-order valence-corrected chi connectivity index (χ1v) is 17.9. The molecule has 3 fully saturated rings. The van der Waals surface area contributed by atoms with E-state index in [4.69, 9.17) is 11.6 Å². The van der Waals surface area contributed by atoms with Gasteiger partial charge in [0.2, 0.25) is 23.6 Å². The topological polar surface area (TPSA) is 135 Å². The van der Waals surface area contributed by atoms with E-state index >= 15 is 9.59 Å². The van der Waals surface area contributed by atoms with Crippen molar-refractivity contribution in [2.45, 2.75) is 24.2 Å². The third-order valence-corrected chi connectivity index (χ3v) is 12.1. The van der Waals surface area contributed by atoms with Gasteiger partial charge in [0.05, 0.1) is 34.5 Å². The highest BCUT2D eigenvalue weighted by molar-refractivity contribution is 6.58. The summed E-state index contributed by atoms with van der Waals surface area (Å²) in [4.78, 5) is 61.7. The molecule has 1 saturated carbocycles. The molecule has 9 nitrogen and oxygen atoms in total. The number of halogens is 1. The van der Waals surface area contributed by atoms with Crippen molar-refractivity contribution >= 4 is 70.0 Å². The van der Waals surface area contributed by atoms with Gasteiger partial charge in [-0.3, -0.25) is 24.1 Å². The molecule has 4 amide bonds. The minimum absolute atomic E-state index is 0.0530. The summed E-state index contributed by atoms with van der Waals surface area (Å²) in [6, 6.07) is 32.8. The maximum absolute atomic E-state index is 15.5. The van der Waals surface area contributed by atoms with Gasteiger partial charge in [0.15, 0.2) is 0 Å². The number of imide groups is 2. The Hall–Kier alpha value is -5.55. The number of hydrogen-bond donors (Lipinski definition) is 3. The molecule has 11 heteroatoms. The standard InChI is InChI=1S/C42H32BClN2O7/c44-26-12-7-14-28(21-26)46-39(49)33-22-32-30(17-18-31-35(32)40(50)45(38(31)48)27-13-6-11-25(20-27)43(52)53)37(42(33,41(46)51)24-9-2-1-3-10-24)36-29-15-5-4-8-23(29)16-19-34(36)47/h1-17,19-21,31-33,35,37,47,52-53H,18,22H2. The van der Waals surface area contributed by atoms with Gasteiger partial charge >= 0.3 is 7.12 Å². The van der Waals surface area contributed by atoms with E-state index in [1.165, 1.54) is 17.0 Å². The molecule has 2 heterocycles. The Morgan fingerprint density at radius 1 is 0.717 bits per heavy atom. The largest absolute Gasteiger partial charge is 0.508 e. The number of anilines is 2. The van der Waals surface area contributed by atoms with Crippen LogP contribution in [0.4, 0.5) is 11.4 Å². The first kappa shape index (κ1) is 33.3. The summed E-state index contributed by atoms with van der Waals surface area (Å²) in [5.41, 5.74) is 0.907. The number of rotatable bonds is 5. The Kier molecular flexibility index (Phi) is 7.71. The maximum Gasteiger partial charge on any atom is 0.488 e. The Morgan fingerprint density at radius 3 is 2.19 bits per heavy atom. The number of phenolic OH excluding ortho intramolecular Hbond substituents is 1. The molecule has 2 saturated heterocycles. The van der Waals surface area contributed by atoms with Crippen molar-refractivity contribution < 1.29 is 34.3 Å². The third-order valence-electron chi connectivity index (χ3n) is 11.8. The molecule has 2 aliphatic heterocycles. The van der Waals surface area contributed by atoms with Gasteiger partial charge in [0, 0.05) is 16.5 Å². The predicted octanol–water partition coefficient (Wildman–Crippen LogP) is 5.25. The van der Waals surface area contributed by atoms with Crippen molar-refractivity contribution in [2.24, 2.45) is 23.7 Å². The second kappa shape index (κ2) is 12.3. The quantitative estimate of drug-likeness (QED) is 0.128. The minimum Gasteiger partial charge on any atom is -0.508 e. The molecule has 262 valence electrons. The first-order chi connectivity index (χ1) is 25.6. The number of benzene rings is 5. The molecular weight excluding hydrogens is 691 g/mol. The number of phenols is 1. The molecule has 9 rings (SSSR count). The minimum atomic E-state index is -1.80. The summed E-state index contributed by atoms with van der Waals surface area (Å²) >= 11 is 6.42. The summed E-state index contributed by atoms with van der Waals surface area (Å²) < 4.78 is 0. The van der Waals surface area contributed by atoms with E-state index in [1.54, 1.807) is 48.5 Å². The lowest BCUT2D eigenvalue weighted by atomic mass is 9.48. The second-order valence-electron chi connectivity index (χ2n) is 14.3. The second-order valence-corrected chi connectivity index (χ2v) is 14.7. The number of allylic oxidation sites excluding steroid dienone is 2. The van der Waals surface area contributed by atoms with Crippen molar-refractivity contribution in [1.82, 2.24) is 0 Å². The van der Waals surface area contributed by atoms with E-state index in [9.17, 15) is 24.7 Å². The monoisotopic (exact) mass is 722 g/mol. The number of hydrogen-bond acceptors (Lipinski definition) is 7. The van der Waals surface area contributed by atoms with Crippen LogP contribution in [0.5, 0.6) is 5.75 Å². The lowest BCUT2D eigenvalue weighted by Gasteiger charge is -2.51. The molecule has 4 aliphatic rings. The van der Waals surface area contributed by atoms with Crippen LogP contribution in [0.3, 0.4) is 0 Å². The fourth-order valence-corrected chi connectivity index (χ4v) is 9.91. The molecule has 0 radical (unpaired) electrons. The van der Waals surface area contributed by atoms with Gasteiger partial charge in [-0.05, 0) is 77.0 Å². The van der Waals surface area contributed by atoms with Gasteiger partial charge in [0.25, 0.3) is 0 Å². The molecule has 53 heavy (non-hydrogen) atoms. The van der Waals surface area contributed by atoms with Crippen molar-refractivity contribution in [3.8, 4) is 5.75 Å². The number of carbonyl (C=O) groups is 4. The van der Waals surface area contributed by atoms with Crippen LogP contribution in [0.1, 0.15) is 29.9 Å². The van der Waals surface area contributed by atoms with E-state index in [0.29, 0.717) is 27.2 Å². The van der Waals surface area contributed by atoms with Crippen LogP contribution < -0.4 is 15.3 Å². The number of amides is 4. The van der Waals surface area contributed by atoms with E-state index in [-0.39, 0.29) is 29.7 Å². The number of aromatic hydroxyl groups is 1. The lowest BCUT2D eigenvalue weighted by Crippen LogP contribution is -2.53. The van der Waals surface area contributed by atoms with Gasteiger partial charge in [-0.1, -0.05) is 102 Å². The van der Waals surface area contributed by atoms with Gasteiger partial charge < -0.3 is 15.2 Å². The first-order valence-electron chi connectivity index (χ1n) is 17.6. The highest BCUT2D eigenvalue weighted by Gasteiger charge is 2.70. The summed E-state index contributed by atoms with van der Waals surface area (Å²) in [5, 5.41) is 33.5. The van der Waals surface area contributed by atoms with Crippen molar-refractivity contribution in [2.75, 3.05) is 9.80 Å². The van der Waals surface area contributed by atoms with Gasteiger partial charge in [-0.2, -0.15) is 0 Å². The zero-order valence-electron chi connectivity index (χ0n) is 28.2. The highest BCUT2D eigenvalue weighted by atomic mass is 35.5. The van der Waals surface area contributed by atoms with Crippen molar-refractivity contribution in [1.29, 1.82) is 0 Å². The van der Waals surface area contributed by atoms with E-state index in [0.717, 1.165) is 15.9 Å². The van der Waals surface area contributed by atoms with Gasteiger partial charge in [-0.25, -0.2) is 4.90 Å².